The predicted molar refractivity (Wildman–Crippen MR) is 130 cm³/mol. The molecule has 0 radical (unpaired) electrons. The molecule has 0 aliphatic carbocycles. The molecule has 1 atom stereocenters. The Labute approximate surface area is 193 Å². The molecule has 2 aromatic carbocycles. The number of fused-ring (bicyclic) bond motifs is 1. The van der Waals surface area contributed by atoms with Gasteiger partial charge in [0.2, 0.25) is 0 Å². The molecule has 4 rings (SSSR count). The molecule has 6 heteroatoms. The van der Waals surface area contributed by atoms with Crippen LogP contribution in [-0.4, -0.2) is 28.6 Å². The molecule has 1 saturated heterocycles. The summed E-state index contributed by atoms with van der Waals surface area (Å²) in [5, 5.41) is 0.389. The fraction of sp³-hybridized carbons (Fsp3) is 0.360. The van der Waals surface area contributed by atoms with E-state index in [1.165, 1.54) is 16.2 Å². The Bertz CT molecular complexity index is 1090. The first-order valence-electron chi connectivity index (χ1n) is 10.4. The van der Waals surface area contributed by atoms with Gasteiger partial charge in [0, 0.05) is 23.3 Å². The number of thioether (sulfide) groups is 1. The number of carbonyl (C=O) groups excluding carboxylic acids is 2. The number of rotatable bonds is 3. The average Bonchev–Trinajstić information content (AvgIpc) is 2.96. The molecule has 2 aliphatic heterocycles. The summed E-state index contributed by atoms with van der Waals surface area (Å²) in [6.45, 7) is 9.11. The summed E-state index contributed by atoms with van der Waals surface area (Å²) in [4.78, 5) is 29.6. The Kier molecular flexibility index (Phi) is 5.69. The van der Waals surface area contributed by atoms with Crippen LogP contribution in [0.3, 0.4) is 0 Å². The van der Waals surface area contributed by atoms with E-state index in [-0.39, 0.29) is 23.2 Å². The minimum Gasteiger partial charge on any atom is -0.369 e. The highest BCUT2D eigenvalue weighted by atomic mass is 35.5. The Morgan fingerprint density at radius 1 is 1.19 bits per heavy atom. The molecule has 1 fully saturated rings. The van der Waals surface area contributed by atoms with Gasteiger partial charge in [0.15, 0.2) is 0 Å². The van der Waals surface area contributed by atoms with Crippen molar-refractivity contribution < 1.29 is 9.59 Å². The number of anilines is 1. The van der Waals surface area contributed by atoms with E-state index in [9.17, 15) is 9.59 Å². The Hall–Kier alpha value is -2.24. The third-order valence-electron chi connectivity index (χ3n) is 6.44. The van der Waals surface area contributed by atoms with Crippen molar-refractivity contribution >= 4 is 46.3 Å². The normalized spacial score (nSPS) is 21.7. The van der Waals surface area contributed by atoms with Gasteiger partial charge in [-0.15, -0.1) is 0 Å². The van der Waals surface area contributed by atoms with E-state index in [4.69, 9.17) is 11.6 Å². The second-order valence-corrected chi connectivity index (χ2v) is 10.6. The molecule has 2 amide bonds. The zero-order chi connectivity index (χ0) is 22.5. The molecule has 4 nitrogen and oxygen atoms in total. The lowest BCUT2D eigenvalue weighted by atomic mass is 9.79. The number of halogens is 1. The van der Waals surface area contributed by atoms with E-state index in [0.29, 0.717) is 15.8 Å². The van der Waals surface area contributed by atoms with Crippen molar-refractivity contribution in [3.8, 4) is 0 Å². The van der Waals surface area contributed by atoms with Gasteiger partial charge in [-0.1, -0.05) is 30.7 Å². The van der Waals surface area contributed by atoms with Crippen LogP contribution in [0, 0.1) is 6.92 Å². The van der Waals surface area contributed by atoms with Crippen LogP contribution in [0.25, 0.3) is 6.08 Å². The largest absolute Gasteiger partial charge is 0.369 e. The summed E-state index contributed by atoms with van der Waals surface area (Å²) >= 11 is 6.94. The van der Waals surface area contributed by atoms with Gasteiger partial charge < -0.3 is 4.90 Å². The van der Waals surface area contributed by atoms with Gasteiger partial charge >= 0.3 is 0 Å². The van der Waals surface area contributed by atoms with Gasteiger partial charge in [0.05, 0.1) is 11.4 Å². The van der Waals surface area contributed by atoms with E-state index in [1.54, 1.807) is 12.1 Å². The lowest BCUT2D eigenvalue weighted by molar-refractivity contribution is -0.123. The molecule has 0 bridgehead atoms. The van der Waals surface area contributed by atoms with Crippen LogP contribution in [0.1, 0.15) is 55.4 Å². The van der Waals surface area contributed by atoms with E-state index in [2.05, 4.69) is 51.8 Å². The maximum absolute atomic E-state index is 13.0. The SMILES string of the molecule is Cc1cc2c(cc1/C=C1\SC(=O)N(Cc3ccc(Cl)cc3)C1=O)[C@@H](C)CC(C)(C)N2C. The molecule has 0 N–H and O–H groups in total. The van der Waals surface area contributed by atoms with Crippen molar-refractivity contribution in [2.75, 3.05) is 11.9 Å². The standard InChI is InChI=1S/C25H27ClN2O2S/c1-15-10-21-20(16(2)13-25(3,4)27(21)5)11-18(15)12-22-23(29)28(24(30)31-22)14-17-6-8-19(26)9-7-17/h6-12,16H,13-14H2,1-5H3/b22-12-/t16-/m0/s1. The van der Waals surface area contributed by atoms with Crippen molar-refractivity contribution in [1.29, 1.82) is 0 Å². The van der Waals surface area contributed by atoms with Gasteiger partial charge in [0.1, 0.15) is 0 Å². The first kappa shape index (κ1) is 22.0. The summed E-state index contributed by atoms with van der Waals surface area (Å²) in [6, 6.07) is 11.6. The maximum atomic E-state index is 13.0. The number of imide groups is 1. The van der Waals surface area contributed by atoms with Crippen molar-refractivity contribution in [1.82, 2.24) is 4.90 Å². The smallest absolute Gasteiger partial charge is 0.293 e. The zero-order valence-corrected chi connectivity index (χ0v) is 20.1. The molecule has 2 heterocycles. The highest BCUT2D eigenvalue weighted by Gasteiger charge is 2.36. The summed E-state index contributed by atoms with van der Waals surface area (Å²) < 4.78 is 0. The molecule has 2 aromatic rings. The lowest BCUT2D eigenvalue weighted by Gasteiger charge is -2.45. The van der Waals surface area contributed by atoms with Crippen LogP contribution in [0.4, 0.5) is 10.5 Å². The Balaban J connectivity index is 1.63. The van der Waals surface area contributed by atoms with Crippen LogP contribution in [0.5, 0.6) is 0 Å². The molecule has 0 aromatic heterocycles. The molecule has 0 unspecified atom stereocenters. The summed E-state index contributed by atoms with van der Waals surface area (Å²) in [5.41, 5.74) is 5.60. The lowest BCUT2D eigenvalue weighted by Crippen LogP contribution is -2.45. The van der Waals surface area contributed by atoms with Crippen molar-refractivity contribution in [2.45, 2.75) is 52.1 Å². The van der Waals surface area contributed by atoms with E-state index in [0.717, 1.165) is 34.9 Å². The van der Waals surface area contributed by atoms with Crippen molar-refractivity contribution in [2.24, 2.45) is 0 Å². The van der Waals surface area contributed by atoms with Gasteiger partial charge in [-0.2, -0.15) is 0 Å². The van der Waals surface area contributed by atoms with Gasteiger partial charge in [-0.25, -0.2) is 0 Å². The Morgan fingerprint density at radius 3 is 2.55 bits per heavy atom. The van der Waals surface area contributed by atoms with Gasteiger partial charge in [-0.05, 0) is 97.5 Å². The molecular weight excluding hydrogens is 428 g/mol. The molecule has 2 aliphatic rings. The third kappa shape index (κ3) is 4.13. The van der Waals surface area contributed by atoms with Crippen molar-refractivity contribution in [3.63, 3.8) is 0 Å². The monoisotopic (exact) mass is 454 g/mol. The minimum absolute atomic E-state index is 0.102. The van der Waals surface area contributed by atoms with Crippen LogP contribution in [-0.2, 0) is 11.3 Å². The highest BCUT2D eigenvalue weighted by molar-refractivity contribution is 8.18. The quantitative estimate of drug-likeness (QED) is 0.489. The minimum atomic E-state index is -0.242. The number of benzene rings is 2. The van der Waals surface area contributed by atoms with Gasteiger partial charge in [-0.3, -0.25) is 14.5 Å². The molecule has 162 valence electrons. The number of nitrogens with zero attached hydrogens (tertiary/aromatic N) is 2. The van der Waals surface area contributed by atoms with Crippen LogP contribution in [0.15, 0.2) is 41.3 Å². The third-order valence-corrected chi connectivity index (χ3v) is 7.59. The number of amides is 2. The fourth-order valence-corrected chi connectivity index (χ4v) is 5.40. The first-order valence-corrected chi connectivity index (χ1v) is 11.6. The van der Waals surface area contributed by atoms with Crippen molar-refractivity contribution in [3.05, 3.63) is 68.6 Å². The second-order valence-electron chi connectivity index (χ2n) is 9.14. The molecule has 0 spiro atoms. The number of aryl methyl sites for hydroxylation is 1. The number of carbonyl (C=O) groups is 2. The Morgan fingerprint density at radius 2 is 1.87 bits per heavy atom. The van der Waals surface area contributed by atoms with E-state index < -0.39 is 0 Å². The summed E-state index contributed by atoms with van der Waals surface area (Å²) in [6.07, 6.45) is 2.94. The van der Waals surface area contributed by atoms with E-state index >= 15 is 0 Å². The van der Waals surface area contributed by atoms with Crippen LogP contribution >= 0.6 is 23.4 Å². The topological polar surface area (TPSA) is 40.6 Å². The van der Waals surface area contributed by atoms with Crippen LogP contribution < -0.4 is 4.90 Å². The number of hydrogen-bond donors (Lipinski definition) is 0. The average molecular weight is 455 g/mol. The molecular formula is C25H27ClN2O2S. The number of hydrogen-bond acceptors (Lipinski definition) is 4. The zero-order valence-electron chi connectivity index (χ0n) is 18.5. The first-order chi connectivity index (χ1) is 14.6. The fourth-order valence-electron chi connectivity index (χ4n) is 4.44. The maximum Gasteiger partial charge on any atom is 0.293 e. The molecule has 31 heavy (non-hydrogen) atoms. The summed E-state index contributed by atoms with van der Waals surface area (Å²) in [5.74, 6) is 0.183. The predicted octanol–water partition coefficient (Wildman–Crippen LogP) is 6.61. The second kappa shape index (κ2) is 8.03. The molecule has 0 saturated carbocycles. The highest BCUT2D eigenvalue weighted by Crippen LogP contribution is 2.44. The van der Waals surface area contributed by atoms with E-state index in [1.807, 2.05) is 18.2 Å². The van der Waals surface area contributed by atoms with Gasteiger partial charge in [0.25, 0.3) is 11.1 Å². The van der Waals surface area contributed by atoms with Crippen LogP contribution in [0.2, 0.25) is 5.02 Å². The summed E-state index contributed by atoms with van der Waals surface area (Å²) in [7, 11) is 2.14.